The lowest BCUT2D eigenvalue weighted by atomic mass is 10.1. The van der Waals surface area contributed by atoms with Crippen LogP contribution >= 0.6 is 0 Å². The maximum Gasteiger partial charge on any atom is 0.251 e. The third-order valence-electron chi connectivity index (χ3n) is 5.82. The van der Waals surface area contributed by atoms with Gasteiger partial charge in [-0.1, -0.05) is 19.8 Å². The van der Waals surface area contributed by atoms with Gasteiger partial charge in [0.15, 0.2) is 0 Å². The second kappa shape index (κ2) is 12.1. The smallest absolute Gasteiger partial charge is 0.251 e. The van der Waals surface area contributed by atoms with Crippen LogP contribution in [-0.2, 0) is 6.54 Å². The minimum atomic E-state index is -0.0535. The van der Waals surface area contributed by atoms with Crippen LogP contribution in [0.15, 0.2) is 48.9 Å². The molecule has 1 aromatic carbocycles. The molecule has 35 heavy (non-hydrogen) atoms. The van der Waals surface area contributed by atoms with Crippen LogP contribution in [0.3, 0.4) is 0 Å². The summed E-state index contributed by atoms with van der Waals surface area (Å²) in [4.78, 5) is 25.0. The van der Waals surface area contributed by atoms with Crippen molar-refractivity contribution in [3.8, 4) is 11.3 Å². The Hall–Kier alpha value is -3.72. The first kappa shape index (κ1) is 24.4. The van der Waals surface area contributed by atoms with Gasteiger partial charge in [0.25, 0.3) is 5.91 Å². The average molecular weight is 475 g/mol. The minimum absolute atomic E-state index is 0.0535. The van der Waals surface area contributed by atoms with E-state index in [1.54, 1.807) is 0 Å². The number of benzene rings is 1. The van der Waals surface area contributed by atoms with Gasteiger partial charge in [-0.05, 0) is 63.2 Å². The molecule has 9 nitrogen and oxygen atoms in total. The molecule has 4 aromatic rings. The number of hydrogen-bond acceptors (Lipinski definition) is 6. The van der Waals surface area contributed by atoms with E-state index in [1.165, 1.54) is 12.8 Å². The van der Waals surface area contributed by atoms with Gasteiger partial charge in [-0.15, -0.1) is 0 Å². The lowest BCUT2D eigenvalue weighted by Crippen LogP contribution is -2.24. The number of nitrogens with one attached hydrogen (secondary N) is 4. The molecule has 0 fully saturated rings. The molecule has 0 saturated heterocycles. The summed E-state index contributed by atoms with van der Waals surface area (Å²) >= 11 is 0. The summed E-state index contributed by atoms with van der Waals surface area (Å²) in [6, 6.07) is 9.34. The fourth-order valence-electron chi connectivity index (χ4n) is 3.97. The number of H-pyrrole nitrogens is 1. The van der Waals surface area contributed by atoms with Crippen molar-refractivity contribution in [1.82, 2.24) is 35.4 Å². The normalized spacial score (nSPS) is 11.1. The van der Waals surface area contributed by atoms with E-state index in [-0.39, 0.29) is 5.91 Å². The molecule has 3 aromatic heterocycles. The number of fused-ring (bicyclic) bond motifs is 1. The van der Waals surface area contributed by atoms with E-state index >= 15 is 0 Å². The average Bonchev–Trinajstić information content (AvgIpc) is 3.53. The molecule has 3 heterocycles. The van der Waals surface area contributed by atoms with Gasteiger partial charge in [-0.2, -0.15) is 10.1 Å². The highest BCUT2D eigenvalue weighted by Crippen LogP contribution is 2.27. The number of aryl methyl sites for hydroxylation is 1. The molecule has 0 aliphatic rings. The number of hydrogen-bond donors (Lipinski definition) is 4. The van der Waals surface area contributed by atoms with Crippen molar-refractivity contribution in [2.24, 2.45) is 0 Å². The van der Waals surface area contributed by atoms with Crippen molar-refractivity contribution >= 4 is 28.6 Å². The van der Waals surface area contributed by atoms with E-state index in [1.807, 2.05) is 60.7 Å². The number of anilines is 2. The second-order valence-corrected chi connectivity index (χ2v) is 8.60. The standard InChI is InChI=1S/C26H34N8O/c1-3-16-34-18-20(17-30-34)23-22-12-15-28-24(22)33-26(32-23)31-21-10-8-19(9-11-21)25(35)29-14-7-5-4-6-13-27-2/h8-12,15,17-18,27H,3-7,13-14,16H2,1-2H3,(H,29,35)(H2,28,31,32,33). The van der Waals surface area contributed by atoms with Gasteiger partial charge in [-0.25, -0.2) is 4.98 Å². The Morgan fingerprint density at radius 1 is 1.03 bits per heavy atom. The van der Waals surface area contributed by atoms with Gasteiger partial charge in [0.2, 0.25) is 5.95 Å². The largest absolute Gasteiger partial charge is 0.352 e. The number of unbranched alkanes of at least 4 members (excludes halogenated alkanes) is 3. The van der Waals surface area contributed by atoms with Gasteiger partial charge >= 0.3 is 0 Å². The number of carbonyl (C=O) groups is 1. The summed E-state index contributed by atoms with van der Waals surface area (Å²) in [7, 11) is 1.97. The van der Waals surface area contributed by atoms with Crippen molar-refractivity contribution in [3.63, 3.8) is 0 Å². The van der Waals surface area contributed by atoms with Gasteiger partial charge in [0, 0.05) is 47.7 Å². The molecule has 1 amide bonds. The number of nitrogens with zero attached hydrogens (tertiary/aromatic N) is 4. The molecule has 0 radical (unpaired) electrons. The highest BCUT2D eigenvalue weighted by Gasteiger charge is 2.13. The maximum absolute atomic E-state index is 12.4. The molecule has 4 N–H and O–H groups in total. The second-order valence-electron chi connectivity index (χ2n) is 8.60. The van der Waals surface area contributed by atoms with Crippen LogP contribution in [0.2, 0.25) is 0 Å². The van der Waals surface area contributed by atoms with Crippen molar-refractivity contribution in [1.29, 1.82) is 0 Å². The lowest BCUT2D eigenvalue weighted by molar-refractivity contribution is 0.0953. The van der Waals surface area contributed by atoms with Crippen LogP contribution in [-0.4, -0.2) is 50.8 Å². The fraction of sp³-hybridized carbons (Fsp3) is 0.385. The zero-order valence-electron chi connectivity index (χ0n) is 20.5. The predicted molar refractivity (Wildman–Crippen MR) is 140 cm³/mol. The van der Waals surface area contributed by atoms with Crippen LogP contribution in [0, 0.1) is 0 Å². The van der Waals surface area contributed by atoms with Crippen LogP contribution in [0.1, 0.15) is 49.4 Å². The molecule has 0 aliphatic heterocycles. The quantitative estimate of drug-likeness (QED) is 0.213. The van der Waals surface area contributed by atoms with Crippen LogP contribution in [0.25, 0.3) is 22.3 Å². The van der Waals surface area contributed by atoms with Crippen molar-refractivity contribution < 1.29 is 4.79 Å². The van der Waals surface area contributed by atoms with Crippen LogP contribution in [0.5, 0.6) is 0 Å². The summed E-state index contributed by atoms with van der Waals surface area (Å²) in [6.07, 6.45) is 11.2. The molecule has 0 spiro atoms. The first-order chi connectivity index (χ1) is 17.2. The van der Waals surface area contributed by atoms with Crippen molar-refractivity contribution in [3.05, 3.63) is 54.5 Å². The number of rotatable bonds is 13. The van der Waals surface area contributed by atoms with Gasteiger partial charge in [0.05, 0.1) is 11.9 Å². The van der Waals surface area contributed by atoms with E-state index in [0.717, 1.165) is 60.3 Å². The maximum atomic E-state index is 12.4. The molecule has 0 bridgehead atoms. The number of carbonyl (C=O) groups excluding carboxylic acids is 1. The van der Waals surface area contributed by atoms with Crippen LogP contribution < -0.4 is 16.0 Å². The highest BCUT2D eigenvalue weighted by molar-refractivity contribution is 5.94. The van der Waals surface area contributed by atoms with E-state index in [4.69, 9.17) is 4.98 Å². The summed E-state index contributed by atoms with van der Waals surface area (Å²) in [5, 5.41) is 14.8. The molecular formula is C26H34N8O. The third-order valence-corrected chi connectivity index (χ3v) is 5.82. The van der Waals surface area contributed by atoms with E-state index < -0.39 is 0 Å². The SMILES string of the molecule is CCCn1cc(-c2nc(Nc3ccc(C(=O)NCCCCCCNC)cc3)nc3[nH]ccc23)cn1. The Bertz CT molecular complexity index is 1230. The molecule has 0 atom stereocenters. The molecule has 9 heteroatoms. The van der Waals surface area contributed by atoms with Crippen molar-refractivity contribution in [2.75, 3.05) is 25.5 Å². The number of aromatic amines is 1. The molecule has 0 unspecified atom stereocenters. The van der Waals surface area contributed by atoms with Gasteiger partial charge in [0.1, 0.15) is 5.65 Å². The van der Waals surface area contributed by atoms with Gasteiger partial charge in [-0.3, -0.25) is 9.48 Å². The Morgan fingerprint density at radius 2 is 1.83 bits per heavy atom. The van der Waals surface area contributed by atoms with Gasteiger partial charge < -0.3 is 20.9 Å². The Kier molecular flexibility index (Phi) is 8.45. The predicted octanol–water partition coefficient (Wildman–Crippen LogP) is 4.48. The Labute approximate surface area is 205 Å². The summed E-state index contributed by atoms with van der Waals surface area (Å²) in [6.45, 7) is 4.73. The molecule has 0 aliphatic carbocycles. The topological polar surface area (TPSA) is 113 Å². The minimum Gasteiger partial charge on any atom is -0.352 e. The summed E-state index contributed by atoms with van der Waals surface area (Å²) in [5.74, 6) is 0.427. The molecule has 184 valence electrons. The highest BCUT2D eigenvalue weighted by atomic mass is 16.1. The number of amides is 1. The third kappa shape index (κ3) is 6.45. The summed E-state index contributed by atoms with van der Waals surface area (Å²) in [5.41, 5.74) is 3.97. The van der Waals surface area contributed by atoms with Crippen molar-refractivity contribution in [2.45, 2.75) is 45.6 Å². The van der Waals surface area contributed by atoms with Crippen LogP contribution in [0.4, 0.5) is 11.6 Å². The zero-order valence-corrected chi connectivity index (χ0v) is 20.5. The Morgan fingerprint density at radius 3 is 2.60 bits per heavy atom. The molecule has 0 saturated carbocycles. The molecule has 4 rings (SSSR count). The van der Waals surface area contributed by atoms with E-state index in [2.05, 4.69) is 37.9 Å². The fourth-order valence-corrected chi connectivity index (χ4v) is 3.97. The first-order valence-corrected chi connectivity index (χ1v) is 12.4. The summed E-state index contributed by atoms with van der Waals surface area (Å²) < 4.78 is 1.93. The van der Waals surface area contributed by atoms with E-state index in [0.29, 0.717) is 18.1 Å². The lowest BCUT2D eigenvalue weighted by Gasteiger charge is -2.09. The first-order valence-electron chi connectivity index (χ1n) is 12.4. The number of aromatic nitrogens is 5. The molecular weight excluding hydrogens is 440 g/mol. The monoisotopic (exact) mass is 474 g/mol. The van der Waals surface area contributed by atoms with E-state index in [9.17, 15) is 4.79 Å². The Balaban J connectivity index is 1.39. The zero-order chi connectivity index (χ0) is 24.5.